The van der Waals surface area contributed by atoms with Gasteiger partial charge in [0, 0.05) is 19.6 Å². The molecule has 0 aliphatic carbocycles. The Morgan fingerprint density at radius 2 is 2.14 bits per heavy atom. The van der Waals surface area contributed by atoms with E-state index >= 15 is 0 Å². The van der Waals surface area contributed by atoms with Crippen LogP contribution in [0.3, 0.4) is 0 Å². The summed E-state index contributed by atoms with van der Waals surface area (Å²) in [5.74, 6) is 0.808. The summed E-state index contributed by atoms with van der Waals surface area (Å²) in [6.07, 6.45) is 1.88. The van der Waals surface area contributed by atoms with Crippen LogP contribution in [0.4, 0.5) is 4.79 Å². The van der Waals surface area contributed by atoms with Crippen molar-refractivity contribution < 1.29 is 9.53 Å². The highest BCUT2D eigenvalue weighted by Crippen LogP contribution is 2.20. The summed E-state index contributed by atoms with van der Waals surface area (Å²) in [6, 6.07) is 9.78. The second-order valence-electron chi connectivity index (χ2n) is 5.19. The molecule has 0 atom stereocenters. The Morgan fingerprint density at radius 1 is 1.36 bits per heavy atom. The Morgan fingerprint density at radius 3 is 2.86 bits per heavy atom. The van der Waals surface area contributed by atoms with Crippen LogP contribution in [0.2, 0.25) is 0 Å². The number of nitrogens with one attached hydrogen (secondary N) is 1. The lowest BCUT2D eigenvalue weighted by Crippen LogP contribution is -2.54. The van der Waals surface area contributed by atoms with Crippen molar-refractivity contribution in [1.29, 1.82) is 0 Å². The van der Waals surface area contributed by atoms with Gasteiger partial charge >= 0.3 is 6.03 Å². The minimum atomic E-state index is -0.0218. The molecule has 2 amide bonds. The Balaban J connectivity index is 1.49. The molecule has 0 unspecified atom stereocenters. The summed E-state index contributed by atoms with van der Waals surface area (Å²) >= 11 is 0. The van der Waals surface area contributed by atoms with Crippen LogP contribution in [-0.2, 0) is 6.61 Å². The summed E-state index contributed by atoms with van der Waals surface area (Å²) in [5.41, 5.74) is 0.778. The van der Waals surface area contributed by atoms with Crippen LogP contribution in [0, 0.1) is 0 Å². The Bertz CT molecular complexity index is 622. The molecule has 1 fully saturated rings. The Labute approximate surface area is 128 Å². The molecular weight excluding hydrogens is 282 g/mol. The molecule has 1 saturated heterocycles. The Hall–Kier alpha value is -2.57. The van der Waals surface area contributed by atoms with Gasteiger partial charge in [-0.25, -0.2) is 9.48 Å². The lowest BCUT2D eigenvalue weighted by molar-refractivity contribution is 0.118. The number of hydrogen-bond donors (Lipinski definition) is 1. The summed E-state index contributed by atoms with van der Waals surface area (Å²) in [5, 5.41) is 11.0. The van der Waals surface area contributed by atoms with E-state index in [1.54, 1.807) is 9.58 Å². The number of benzene rings is 1. The van der Waals surface area contributed by atoms with Gasteiger partial charge in [0.15, 0.2) is 0 Å². The van der Waals surface area contributed by atoms with Crippen LogP contribution in [0.15, 0.2) is 36.5 Å². The maximum Gasteiger partial charge on any atom is 0.317 e. The van der Waals surface area contributed by atoms with E-state index in [2.05, 4.69) is 15.6 Å². The molecule has 0 saturated carbocycles. The van der Waals surface area contributed by atoms with Crippen molar-refractivity contribution in [2.75, 3.05) is 19.6 Å². The molecule has 2 aromatic rings. The average Bonchev–Trinajstić information content (AvgIpc) is 2.93. The van der Waals surface area contributed by atoms with Crippen molar-refractivity contribution in [2.24, 2.45) is 0 Å². The number of carbonyl (C=O) groups is 1. The fourth-order valence-corrected chi connectivity index (χ4v) is 2.28. The third-order valence-corrected chi connectivity index (χ3v) is 3.54. The third-order valence-electron chi connectivity index (χ3n) is 3.54. The molecule has 1 aliphatic rings. The molecule has 1 N–H and O–H groups in total. The van der Waals surface area contributed by atoms with Crippen LogP contribution >= 0.6 is 0 Å². The van der Waals surface area contributed by atoms with Gasteiger partial charge in [-0.3, -0.25) is 0 Å². The average molecular weight is 301 g/mol. The summed E-state index contributed by atoms with van der Waals surface area (Å²) in [6.45, 7) is 4.26. The topological polar surface area (TPSA) is 72.3 Å². The summed E-state index contributed by atoms with van der Waals surface area (Å²) in [7, 11) is 0. The third kappa shape index (κ3) is 3.19. The molecule has 1 aromatic heterocycles. The molecule has 1 aromatic carbocycles. The van der Waals surface area contributed by atoms with Gasteiger partial charge in [0.05, 0.1) is 12.2 Å². The highest BCUT2D eigenvalue weighted by molar-refractivity contribution is 5.75. The lowest BCUT2D eigenvalue weighted by atomic mass is 10.1. The molecule has 22 heavy (non-hydrogen) atoms. The zero-order valence-electron chi connectivity index (χ0n) is 12.5. The molecule has 7 heteroatoms. The number of aromatic nitrogens is 3. The van der Waals surface area contributed by atoms with Crippen LogP contribution in [0.25, 0.3) is 0 Å². The van der Waals surface area contributed by atoms with E-state index < -0.39 is 0 Å². The number of rotatable bonds is 5. The number of hydrogen-bond acceptors (Lipinski definition) is 4. The van der Waals surface area contributed by atoms with Gasteiger partial charge in [-0.05, 0) is 19.1 Å². The fourth-order valence-electron chi connectivity index (χ4n) is 2.28. The van der Waals surface area contributed by atoms with Crippen molar-refractivity contribution in [3.8, 4) is 5.75 Å². The predicted molar refractivity (Wildman–Crippen MR) is 80.5 cm³/mol. The van der Waals surface area contributed by atoms with E-state index in [-0.39, 0.29) is 12.1 Å². The first-order chi connectivity index (χ1) is 10.8. The van der Waals surface area contributed by atoms with E-state index in [0.29, 0.717) is 26.2 Å². The molecule has 3 rings (SSSR count). The van der Waals surface area contributed by atoms with E-state index in [4.69, 9.17) is 4.74 Å². The smallest absolute Gasteiger partial charge is 0.317 e. The largest absolute Gasteiger partial charge is 0.487 e. The molecule has 116 valence electrons. The molecule has 7 nitrogen and oxygen atoms in total. The monoisotopic (exact) mass is 301 g/mol. The molecule has 0 radical (unpaired) electrons. The number of amides is 2. The zero-order chi connectivity index (χ0) is 15.4. The molecule has 2 heterocycles. The highest BCUT2D eigenvalue weighted by atomic mass is 16.5. The van der Waals surface area contributed by atoms with Gasteiger partial charge < -0.3 is 15.0 Å². The maximum atomic E-state index is 11.6. The summed E-state index contributed by atoms with van der Waals surface area (Å²) < 4.78 is 7.44. The number of likely N-dealkylation sites (tertiary alicyclic amines) is 1. The van der Waals surface area contributed by atoms with Crippen molar-refractivity contribution >= 4 is 6.03 Å². The van der Waals surface area contributed by atoms with Crippen LogP contribution in [-0.4, -0.2) is 45.6 Å². The van der Waals surface area contributed by atoms with Gasteiger partial charge in [0.2, 0.25) is 0 Å². The van der Waals surface area contributed by atoms with Crippen LogP contribution in [0.5, 0.6) is 5.75 Å². The highest BCUT2D eigenvalue weighted by Gasteiger charge is 2.32. The number of carbonyl (C=O) groups excluding carboxylic acids is 1. The second-order valence-corrected chi connectivity index (χ2v) is 5.19. The maximum absolute atomic E-state index is 11.6. The van der Waals surface area contributed by atoms with Crippen molar-refractivity contribution in [3.63, 3.8) is 0 Å². The predicted octanol–water partition coefficient (Wildman–Crippen LogP) is 1.44. The number of ether oxygens (including phenoxy) is 1. The van der Waals surface area contributed by atoms with Gasteiger partial charge in [0.25, 0.3) is 0 Å². The second kappa shape index (κ2) is 6.46. The number of nitrogens with zero attached hydrogens (tertiary/aromatic N) is 4. The van der Waals surface area contributed by atoms with Crippen molar-refractivity contribution in [3.05, 3.63) is 42.2 Å². The van der Waals surface area contributed by atoms with Crippen molar-refractivity contribution in [2.45, 2.75) is 19.6 Å². The molecule has 1 aliphatic heterocycles. The first-order valence-corrected chi connectivity index (χ1v) is 7.37. The quantitative estimate of drug-likeness (QED) is 0.907. The zero-order valence-corrected chi connectivity index (χ0v) is 12.5. The van der Waals surface area contributed by atoms with Gasteiger partial charge in [-0.2, -0.15) is 0 Å². The van der Waals surface area contributed by atoms with Crippen molar-refractivity contribution in [1.82, 2.24) is 25.2 Å². The van der Waals surface area contributed by atoms with Gasteiger partial charge in [0.1, 0.15) is 18.1 Å². The van der Waals surface area contributed by atoms with Crippen LogP contribution < -0.4 is 10.1 Å². The summed E-state index contributed by atoms with van der Waals surface area (Å²) in [4.78, 5) is 13.4. The van der Waals surface area contributed by atoms with Crippen LogP contribution in [0.1, 0.15) is 18.7 Å². The van der Waals surface area contributed by atoms with E-state index in [1.807, 2.05) is 43.5 Å². The standard InChI is InChI=1S/C15H19N5O2/c1-2-16-15(21)19-9-13(10-19)20-8-12(17-18-20)11-22-14-6-4-3-5-7-14/h3-8,13H,2,9-11H2,1H3,(H,16,21). The first kappa shape index (κ1) is 14.4. The lowest BCUT2D eigenvalue weighted by Gasteiger charge is -2.38. The fraction of sp³-hybridized carbons (Fsp3) is 0.400. The normalized spacial score (nSPS) is 14.5. The minimum Gasteiger partial charge on any atom is -0.487 e. The van der Waals surface area contributed by atoms with E-state index in [1.165, 1.54) is 0 Å². The van der Waals surface area contributed by atoms with E-state index in [9.17, 15) is 4.79 Å². The Kier molecular flexibility index (Phi) is 4.22. The van der Waals surface area contributed by atoms with Gasteiger partial charge in [-0.15, -0.1) is 5.10 Å². The number of para-hydroxylation sites is 1. The molecular formula is C15H19N5O2. The van der Waals surface area contributed by atoms with E-state index in [0.717, 1.165) is 11.4 Å². The minimum absolute atomic E-state index is 0.0218. The molecule has 0 spiro atoms. The SMILES string of the molecule is CCNC(=O)N1CC(n2cc(COc3ccccc3)nn2)C1. The first-order valence-electron chi connectivity index (χ1n) is 7.37. The molecule has 0 bridgehead atoms. The van der Waals surface area contributed by atoms with Gasteiger partial charge in [-0.1, -0.05) is 23.4 Å². The number of urea groups is 1.